The molecule has 0 aliphatic heterocycles. The van der Waals surface area contributed by atoms with Crippen LogP contribution in [0.3, 0.4) is 0 Å². The quantitative estimate of drug-likeness (QED) is 0.261. The fourth-order valence-corrected chi connectivity index (χ4v) is 0.126. The smallest absolute Gasteiger partial charge is 0.311 e. The third kappa shape index (κ3) is 5.39. The lowest BCUT2D eigenvalue weighted by Gasteiger charge is -1.92. The summed E-state index contributed by atoms with van der Waals surface area (Å²) >= 11 is 0. The Morgan fingerprint density at radius 1 is 1.86 bits per heavy atom. The van der Waals surface area contributed by atoms with Crippen LogP contribution in [0.5, 0.6) is 0 Å². The van der Waals surface area contributed by atoms with E-state index < -0.39 is 0 Å². The van der Waals surface area contributed by atoms with Gasteiger partial charge < -0.3 is 15.2 Å². The van der Waals surface area contributed by atoms with Crippen LogP contribution in [0.2, 0.25) is 0 Å². The summed E-state index contributed by atoms with van der Waals surface area (Å²) in [5.74, 6) is 0. The molecule has 0 aromatic carbocycles. The minimum atomic E-state index is -0.380. The lowest BCUT2D eigenvalue weighted by atomic mass is 11.1. The molecule has 7 heavy (non-hydrogen) atoms. The highest BCUT2D eigenvalue weighted by molar-refractivity contribution is 5.46. The van der Waals surface area contributed by atoms with Gasteiger partial charge in [0.05, 0.1) is 0 Å². The van der Waals surface area contributed by atoms with Gasteiger partial charge >= 0.3 is 6.41 Å². The molecule has 0 saturated carbocycles. The third-order valence-corrected chi connectivity index (χ3v) is 0.338. The predicted octanol–water partition coefficient (Wildman–Crippen LogP) is -1.43. The second-order valence-electron chi connectivity index (χ2n) is 0.756. The molecule has 0 atom stereocenters. The number of nitrogens with one attached hydrogen (secondary N) is 1. The van der Waals surface area contributed by atoms with Gasteiger partial charge in [-0.15, -0.1) is 0 Å². The van der Waals surface area contributed by atoms with E-state index in [4.69, 9.17) is 5.11 Å². The molecular weight excluding hydrogens is 98.0 g/mol. The molecule has 4 heteroatoms. The largest absolute Gasteiger partial charge is 0.371 e. The third-order valence-electron chi connectivity index (χ3n) is 0.338. The highest BCUT2D eigenvalue weighted by atomic mass is 16.6. The molecule has 4 nitrogen and oxygen atoms in total. The van der Waals surface area contributed by atoms with Gasteiger partial charge in [-0.25, -0.2) is 0 Å². The second-order valence-corrected chi connectivity index (χ2v) is 0.756. The molecule has 41 valence electrons. The van der Waals surface area contributed by atoms with Gasteiger partial charge in [-0.1, -0.05) is 0 Å². The molecule has 2 N–H and O–H groups in total. The Kier molecular flexibility index (Phi) is 4.92. The SMILES string of the molecule is O=[C]NCOCO. The van der Waals surface area contributed by atoms with E-state index >= 15 is 0 Å². The monoisotopic (exact) mass is 104 g/mol. The van der Waals surface area contributed by atoms with Crippen molar-refractivity contribution >= 4 is 6.41 Å². The van der Waals surface area contributed by atoms with E-state index in [0.717, 1.165) is 0 Å². The van der Waals surface area contributed by atoms with E-state index in [9.17, 15) is 4.79 Å². The number of ether oxygens (including phenoxy) is 1. The topological polar surface area (TPSA) is 58.6 Å². The maximum atomic E-state index is 9.28. The van der Waals surface area contributed by atoms with Crippen LogP contribution in [0, 0.1) is 0 Å². The van der Waals surface area contributed by atoms with Crippen molar-refractivity contribution in [3.8, 4) is 0 Å². The molecule has 0 bridgehead atoms. The molecule has 0 saturated heterocycles. The van der Waals surface area contributed by atoms with Crippen molar-refractivity contribution in [3.63, 3.8) is 0 Å². The lowest BCUT2D eigenvalue weighted by Crippen LogP contribution is -2.15. The molecule has 0 aromatic heterocycles. The summed E-state index contributed by atoms with van der Waals surface area (Å²) in [5.41, 5.74) is 0. The molecule has 0 rings (SSSR count). The zero-order valence-corrected chi connectivity index (χ0v) is 3.68. The van der Waals surface area contributed by atoms with Crippen LogP contribution in [0.1, 0.15) is 0 Å². The van der Waals surface area contributed by atoms with Gasteiger partial charge in [-0.3, -0.25) is 4.79 Å². The molecule has 0 unspecified atom stereocenters. The number of carbonyl (C=O) groups excluding carboxylic acids is 1. The van der Waals surface area contributed by atoms with Gasteiger partial charge in [0.15, 0.2) is 0 Å². The van der Waals surface area contributed by atoms with E-state index in [-0.39, 0.29) is 13.5 Å². The van der Waals surface area contributed by atoms with Crippen molar-refractivity contribution < 1.29 is 14.6 Å². The maximum absolute atomic E-state index is 9.28. The van der Waals surface area contributed by atoms with Crippen LogP contribution >= 0.6 is 0 Å². The number of amides is 1. The minimum Gasteiger partial charge on any atom is -0.371 e. The molecule has 0 heterocycles. The van der Waals surface area contributed by atoms with E-state index in [2.05, 4.69) is 10.1 Å². The van der Waals surface area contributed by atoms with Crippen LogP contribution < -0.4 is 5.32 Å². The highest BCUT2D eigenvalue weighted by Crippen LogP contribution is 1.58. The predicted molar refractivity (Wildman–Crippen MR) is 21.9 cm³/mol. The molecule has 0 aliphatic carbocycles. The van der Waals surface area contributed by atoms with Gasteiger partial charge in [0.25, 0.3) is 0 Å². The summed E-state index contributed by atoms with van der Waals surface area (Å²) in [7, 11) is 0. The van der Waals surface area contributed by atoms with Crippen molar-refractivity contribution in [1.29, 1.82) is 0 Å². The second kappa shape index (κ2) is 5.39. The van der Waals surface area contributed by atoms with Crippen LogP contribution in [0.15, 0.2) is 0 Å². The van der Waals surface area contributed by atoms with Gasteiger partial charge in [-0.05, 0) is 0 Å². The number of rotatable bonds is 4. The van der Waals surface area contributed by atoms with Crippen LogP contribution in [0.4, 0.5) is 0 Å². The first-order chi connectivity index (χ1) is 3.41. The van der Waals surface area contributed by atoms with Crippen molar-refractivity contribution in [2.75, 3.05) is 13.5 Å². The van der Waals surface area contributed by atoms with Gasteiger partial charge in [0.2, 0.25) is 0 Å². The first kappa shape index (κ1) is 6.39. The molecule has 1 radical (unpaired) electrons. The number of aliphatic hydroxyl groups excluding tert-OH is 1. The molecule has 0 spiro atoms. The summed E-state index contributed by atoms with van der Waals surface area (Å²) in [4.78, 5) is 9.28. The summed E-state index contributed by atoms with van der Waals surface area (Å²) in [6.07, 6.45) is 1.37. The standard InChI is InChI=1S/C3H6NO3/c5-1-4-2-7-3-6/h6H,2-3H2,(H,4,5). The fraction of sp³-hybridized carbons (Fsp3) is 0.667. The van der Waals surface area contributed by atoms with Crippen molar-refractivity contribution in [2.45, 2.75) is 0 Å². The Morgan fingerprint density at radius 3 is 3.00 bits per heavy atom. The molecule has 1 amide bonds. The fourth-order valence-electron chi connectivity index (χ4n) is 0.126. The van der Waals surface area contributed by atoms with E-state index in [0.29, 0.717) is 0 Å². The summed E-state index contributed by atoms with van der Waals surface area (Å²) in [6.45, 7) is -0.366. The van der Waals surface area contributed by atoms with Crippen LogP contribution in [-0.2, 0) is 9.53 Å². The number of hydrogen-bond acceptors (Lipinski definition) is 3. The van der Waals surface area contributed by atoms with Crippen molar-refractivity contribution in [1.82, 2.24) is 5.32 Å². The maximum Gasteiger partial charge on any atom is 0.311 e. The summed E-state index contributed by atoms with van der Waals surface area (Å²) in [6, 6.07) is 0. The Morgan fingerprint density at radius 2 is 2.57 bits per heavy atom. The zero-order chi connectivity index (χ0) is 5.54. The van der Waals surface area contributed by atoms with Crippen molar-refractivity contribution in [2.24, 2.45) is 0 Å². The Labute approximate surface area is 41.1 Å². The highest BCUT2D eigenvalue weighted by Gasteiger charge is 1.76. The van der Waals surface area contributed by atoms with E-state index in [1.54, 1.807) is 0 Å². The first-order valence-electron chi connectivity index (χ1n) is 1.70. The first-order valence-corrected chi connectivity index (χ1v) is 1.70. The lowest BCUT2D eigenvalue weighted by molar-refractivity contribution is -0.00423. The average Bonchev–Trinajstić information content (AvgIpc) is 1.69. The Hall–Kier alpha value is -0.610. The van der Waals surface area contributed by atoms with Gasteiger partial charge in [0, 0.05) is 0 Å². The molecule has 0 aliphatic rings. The Bertz CT molecular complexity index is 47.4. The zero-order valence-electron chi connectivity index (χ0n) is 3.68. The van der Waals surface area contributed by atoms with Gasteiger partial charge in [0.1, 0.15) is 13.5 Å². The van der Waals surface area contributed by atoms with E-state index in [1.165, 1.54) is 6.41 Å². The molecule has 0 fully saturated rings. The normalized spacial score (nSPS) is 8.14. The average molecular weight is 104 g/mol. The minimum absolute atomic E-state index is 0.0139. The Balaban J connectivity index is 2.56. The van der Waals surface area contributed by atoms with Crippen LogP contribution in [0.25, 0.3) is 0 Å². The number of aliphatic hydroxyl groups is 1. The number of hydrogen-bond donors (Lipinski definition) is 2. The summed E-state index contributed by atoms with van der Waals surface area (Å²) < 4.78 is 4.26. The molecular formula is C3H6NO3. The van der Waals surface area contributed by atoms with Crippen LogP contribution in [-0.4, -0.2) is 25.0 Å². The van der Waals surface area contributed by atoms with E-state index in [1.807, 2.05) is 0 Å². The molecule has 0 aromatic rings. The summed E-state index contributed by atoms with van der Waals surface area (Å²) in [5, 5.41) is 9.96. The van der Waals surface area contributed by atoms with Crippen molar-refractivity contribution in [3.05, 3.63) is 0 Å². The van der Waals surface area contributed by atoms with Gasteiger partial charge in [-0.2, -0.15) is 0 Å².